The molecule has 0 aromatic heterocycles. The number of hydrogen-bond donors (Lipinski definition) is 1. The van der Waals surface area contributed by atoms with Gasteiger partial charge in [-0.15, -0.1) is 11.8 Å². The van der Waals surface area contributed by atoms with E-state index in [0.29, 0.717) is 25.7 Å². The Bertz CT molecular complexity index is 1010. The van der Waals surface area contributed by atoms with E-state index in [1.807, 2.05) is 6.26 Å². The molecule has 9 heteroatoms. The van der Waals surface area contributed by atoms with Crippen LogP contribution in [0.25, 0.3) is 0 Å². The van der Waals surface area contributed by atoms with Gasteiger partial charge in [-0.3, -0.25) is 9.10 Å². The van der Waals surface area contributed by atoms with Crippen molar-refractivity contribution in [2.75, 3.05) is 30.3 Å². The molecule has 1 N–H and O–H groups in total. The van der Waals surface area contributed by atoms with Gasteiger partial charge in [0.1, 0.15) is 12.4 Å². The first-order valence-electron chi connectivity index (χ1n) is 11.2. The van der Waals surface area contributed by atoms with Gasteiger partial charge in [0, 0.05) is 18.0 Å². The monoisotopic (exact) mass is 494 g/mol. The molecule has 1 saturated carbocycles. The Balaban J connectivity index is 1.63. The maximum Gasteiger partial charge on any atom is 0.264 e. The van der Waals surface area contributed by atoms with Gasteiger partial charge < -0.3 is 10.1 Å². The quantitative estimate of drug-likeness (QED) is 0.365. The van der Waals surface area contributed by atoms with Crippen LogP contribution in [0.1, 0.15) is 38.5 Å². The van der Waals surface area contributed by atoms with Gasteiger partial charge in [0.05, 0.1) is 16.7 Å². The summed E-state index contributed by atoms with van der Waals surface area (Å²) in [5.41, 5.74) is 0.0970. The molecule has 0 aliphatic heterocycles. The van der Waals surface area contributed by atoms with Gasteiger partial charge in [-0.05, 0) is 68.0 Å². The summed E-state index contributed by atoms with van der Waals surface area (Å²) in [6, 6.07) is 11.6. The van der Waals surface area contributed by atoms with Crippen LogP contribution in [-0.2, 0) is 19.6 Å². The van der Waals surface area contributed by atoms with Gasteiger partial charge in [-0.1, -0.05) is 25.3 Å². The Hall–Kier alpha value is -2.10. The molecule has 0 heterocycles. The lowest BCUT2D eigenvalue weighted by Gasteiger charge is -2.24. The number of carbonyl (C=O) groups excluding carboxylic acids is 1. The van der Waals surface area contributed by atoms with E-state index >= 15 is 0 Å². The van der Waals surface area contributed by atoms with Crippen molar-refractivity contribution in [2.45, 2.75) is 54.4 Å². The largest absolute Gasteiger partial charge is 0.378 e. The lowest BCUT2D eigenvalue weighted by Crippen LogP contribution is -2.41. The number of hydrogen-bond acceptors (Lipinski definition) is 5. The number of carbonyl (C=O) groups is 1. The summed E-state index contributed by atoms with van der Waals surface area (Å²) in [6.45, 7) is 0.489. The third-order valence-electron chi connectivity index (χ3n) is 5.58. The molecule has 3 rings (SSSR count). The molecule has 33 heavy (non-hydrogen) atoms. The van der Waals surface area contributed by atoms with Crippen LogP contribution in [0.15, 0.2) is 58.3 Å². The minimum absolute atomic E-state index is 0.0400. The second-order valence-electron chi connectivity index (χ2n) is 8.00. The highest BCUT2D eigenvalue weighted by atomic mass is 32.2. The van der Waals surface area contributed by atoms with Gasteiger partial charge in [0.2, 0.25) is 5.91 Å². The first kappa shape index (κ1) is 25.5. The molecule has 0 spiro atoms. The molecule has 6 nitrogen and oxygen atoms in total. The highest BCUT2D eigenvalue weighted by Gasteiger charge is 2.27. The number of sulfonamides is 1. The molecule has 0 atom stereocenters. The SMILES string of the molecule is CSc1ccc(S(=O)(=O)N(CC(=O)NCCCOC2CCCCC2)c2cccc(F)c2)cc1. The second-order valence-corrected chi connectivity index (χ2v) is 10.7. The second kappa shape index (κ2) is 12.4. The first-order chi connectivity index (χ1) is 15.9. The zero-order valence-corrected chi connectivity index (χ0v) is 20.5. The van der Waals surface area contributed by atoms with E-state index in [9.17, 15) is 17.6 Å². The van der Waals surface area contributed by atoms with Crippen molar-refractivity contribution in [1.82, 2.24) is 5.32 Å². The molecule has 0 radical (unpaired) electrons. The van der Waals surface area contributed by atoms with Crippen LogP contribution in [-0.4, -0.2) is 46.4 Å². The Kier molecular flexibility index (Phi) is 9.58. The normalized spacial score (nSPS) is 14.7. The summed E-state index contributed by atoms with van der Waals surface area (Å²) in [5, 5.41) is 2.75. The van der Waals surface area contributed by atoms with Gasteiger partial charge in [-0.25, -0.2) is 12.8 Å². The summed E-state index contributed by atoms with van der Waals surface area (Å²) >= 11 is 1.50. The summed E-state index contributed by atoms with van der Waals surface area (Å²) in [7, 11) is -4.07. The molecule has 1 amide bonds. The average molecular weight is 495 g/mol. The molecule has 2 aromatic carbocycles. The molecule has 0 unspecified atom stereocenters. The number of amides is 1. The van der Waals surface area contributed by atoms with Crippen molar-refractivity contribution in [3.05, 3.63) is 54.3 Å². The van der Waals surface area contributed by atoms with Crippen LogP contribution in [0.4, 0.5) is 10.1 Å². The topological polar surface area (TPSA) is 75.7 Å². The molecule has 0 saturated heterocycles. The lowest BCUT2D eigenvalue weighted by molar-refractivity contribution is -0.119. The summed E-state index contributed by atoms with van der Waals surface area (Å²) in [5.74, 6) is -1.04. The van der Waals surface area contributed by atoms with E-state index in [0.717, 1.165) is 28.1 Å². The molecular weight excluding hydrogens is 463 g/mol. The number of anilines is 1. The number of thioether (sulfide) groups is 1. The van der Waals surface area contributed by atoms with Crippen LogP contribution < -0.4 is 9.62 Å². The Labute approximate surface area is 199 Å². The minimum Gasteiger partial charge on any atom is -0.378 e. The first-order valence-corrected chi connectivity index (χ1v) is 13.9. The van der Waals surface area contributed by atoms with E-state index in [-0.39, 0.29) is 10.6 Å². The van der Waals surface area contributed by atoms with Crippen molar-refractivity contribution in [2.24, 2.45) is 0 Å². The van der Waals surface area contributed by atoms with Gasteiger partial charge in [-0.2, -0.15) is 0 Å². The third kappa shape index (κ3) is 7.45. The molecular formula is C24H31FN2O4S2. The van der Waals surface area contributed by atoms with E-state index in [1.54, 1.807) is 12.1 Å². The number of halogens is 1. The summed E-state index contributed by atoms with van der Waals surface area (Å²) in [6.07, 6.45) is 8.69. The maximum absolute atomic E-state index is 13.9. The fraction of sp³-hybridized carbons (Fsp3) is 0.458. The number of benzene rings is 2. The van der Waals surface area contributed by atoms with Gasteiger partial charge >= 0.3 is 0 Å². The standard InChI is InChI=1S/C24H31FN2O4S2/c1-32-22-11-13-23(14-12-22)33(29,30)27(20-8-5-7-19(25)17-20)18-24(28)26-15-6-16-31-21-9-3-2-4-10-21/h5,7-8,11-14,17,21H,2-4,6,9-10,15-16,18H2,1H3,(H,26,28). The molecule has 1 aliphatic rings. The predicted molar refractivity (Wildman–Crippen MR) is 130 cm³/mol. The average Bonchev–Trinajstić information content (AvgIpc) is 2.83. The van der Waals surface area contributed by atoms with Crippen molar-refractivity contribution in [1.29, 1.82) is 0 Å². The van der Waals surface area contributed by atoms with E-state index in [4.69, 9.17) is 4.74 Å². The molecule has 0 bridgehead atoms. The van der Waals surface area contributed by atoms with Crippen molar-refractivity contribution in [3.63, 3.8) is 0 Å². The van der Waals surface area contributed by atoms with E-state index < -0.39 is 28.3 Å². The minimum atomic E-state index is -4.07. The maximum atomic E-state index is 13.9. The van der Waals surface area contributed by atoms with Crippen LogP contribution in [0.5, 0.6) is 0 Å². The highest BCUT2D eigenvalue weighted by molar-refractivity contribution is 7.98. The van der Waals surface area contributed by atoms with Crippen molar-refractivity contribution >= 4 is 33.4 Å². The van der Waals surface area contributed by atoms with E-state index in [1.165, 1.54) is 61.4 Å². The highest BCUT2D eigenvalue weighted by Crippen LogP contribution is 2.26. The zero-order valence-electron chi connectivity index (χ0n) is 18.8. The summed E-state index contributed by atoms with van der Waals surface area (Å²) < 4.78 is 47.3. The zero-order chi connectivity index (χ0) is 23.7. The number of nitrogens with one attached hydrogen (secondary N) is 1. The lowest BCUT2D eigenvalue weighted by atomic mass is 9.98. The fourth-order valence-corrected chi connectivity index (χ4v) is 5.61. The van der Waals surface area contributed by atoms with Crippen LogP contribution in [0, 0.1) is 5.82 Å². The number of nitrogens with zero attached hydrogens (tertiary/aromatic N) is 1. The fourth-order valence-electron chi connectivity index (χ4n) is 3.79. The van der Waals surface area contributed by atoms with Gasteiger partial charge in [0.25, 0.3) is 10.0 Å². The van der Waals surface area contributed by atoms with Crippen LogP contribution in [0.2, 0.25) is 0 Å². The van der Waals surface area contributed by atoms with Crippen LogP contribution >= 0.6 is 11.8 Å². The third-order valence-corrected chi connectivity index (χ3v) is 8.11. The van der Waals surface area contributed by atoms with Crippen molar-refractivity contribution < 1.29 is 22.3 Å². The predicted octanol–water partition coefficient (Wildman–Crippen LogP) is 4.60. The molecule has 1 aliphatic carbocycles. The Morgan fingerprint density at radius 1 is 1.15 bits per heavy atom. The molecule has 180 valence electrons. The number of rotatable bonds is 11. The van der Waals surface area contributed by atoms with Crippen molar-refractivity contribution in [3.8, 4) is 0 Å². The molecule has 2 aromatic rings. The Morgan fingerprint density at radius 2 is 1.88 bits per heavy atom. The van der Waals surface area contributed by atoms with Crippen LogP contribution in [0.3, 0.4) is 0 Å². The summed E-state index contributed by atoms with van der Waals surface area (Å²) in [4.78, 5) is 13.6. The number of ether oxygens (including phenoxy) is 1. The molecule has 1 fully saturated rings. The van der Waals surface area contributed by atoms with Gasteiger partial charge in [0.15, 0.2) is 0 Å². The Morgan fingerprint density at radius 3 is 2.55 bits per heavy atom. The van der Waals surface area contributed by atoms with E-state index in [2.05, 4.69) is 5.32 Å². The smallest absolute Gasteiger partial charge is 0.264 e.